The van der Waals surface area contributed by atoms with E-state index in [9.17, 15) is 0 Å². The topological polar surface area (TPSA) is 52.0 Å². The van der Waals surface area contributed by atoms with E-state index in [1.54, 1.807) is 11.0 Å². The van der Waals surface area contributed by atoms with Gasteiger partial charge in [-0.1, -0.05) is 18.2 Å². The number of benzene rings is 1. The van der Waals surface area contributed by atoms with Gasteiger partial charge in [-0.3, -0.25) is 0 Å². The zero-order chi connectivity index (χ0) is 13.1. The molecule has 0 radical (unpaired) electrons. The second-order valence-electron chi connectivity index (χ2n) is 4.92. The van der Waals surface area contributed by atoms with E-state index in [4.69, 9.17) is 4.74 Å². The molecule has 1 aliphatic rings. The Labute approximate surface area is 112 Å². The number of hydrogen-bond donors (Lipinski definition) is 1. The molecule has 0 bridgehead atoms. The summed E-state index contributed by atoms with van der Waals surface area (Å²) in [5.74, 6) is 0. The highest BCUT2D eigenvalue weighted by Gasteiger charge is 2.21. The van der Waals surface area contributed by atoms with E-state index in [2.05, 4.69) is 15.4 Å². The molecule has 5 nitrogen and oxygen atoms in total. The molecule has 1 saturated carbocycles. The van der Waals surface area contributed by atoms with Gasteiger partial charge in [-0.05, 0) is 31.9 Å². The van der Waals surface area contributed by atoms with Gasteiger partial charge in [0.05, 0.1) is 5.69 Å². The molecule has 1 aromatic heterocycles. The minimum absolute atomic E-state index is 0.0761. The summed E-state index contributed by atoms with van der Waals surface area (Å²) in [6.07, 6.45) is 4.32. The Morgan fingerprint density at radius 1 is 1.37 bits per heavy atom. The summed E-state index contributed by atoms with van der Waals surface area (Å²) >= 11 is 0. The minimum Gasteiger partial charge on any atom is -0.458 e. The Bertz CT molecular complexity index is 521. The van der Waals surface area contributed by atoms with Crippen LogP contribution in [0.1, 0.15) is 19.8 Å². The van der Waals surface area contributed by atoms with E-state index in [0.29, 0.717) is 12.1 Å². The molecule has 19 heavy (non-hydrogen) atoms. The number of ether oxygens (including phenoxy) is 1. The highest BCUT2D eigenvalue weighted by atomic mass is 16.5. The van der Waals surface area contributed by atoms with Crippen molar-refractivity contribution in [2.24, 2.45) is 0 Å². The smallest absolute Gasteiger partial charge is 0.336 e. The molecular formula is C14H18N4O. The number of aromatic nitrogens is 3. The standard InChI is InChI=1S/C14H18N4O/c1-11(9-15-12-7-8-12)19-14-16-10-18(17-14)13-5-3-2-4-6-13/h2-6,10-12,15H,7-9H2,1H3. The van der Waals surface area contributed by atoms with Gasteiger partial charge < -0.3 is 10.1 Å². The molecule has 2 aromatic rings. The second kappa shape index (κ2) is 5.40. The van der Waals surface area contributed by atoms with Crippen LogP contribution in [-0.2, 0) is 0 Å². The number of rotatable bonds is 6. The van der Waals surface area contributed by atoms with Crippen molar-refractivity contribution in [2.75, 3.05) is 6.54 Å². The van der Waals surface area contributed by atoms with Gasteiger partial charge in [0.25, 0.3) is 0 Å². The van der Waals surface area contributed by atoms with Crippen LogP contribution in [0.15, 0.2) is 36.7 Å². The Morgan fingerprint density at radius 3 is 2.89 bits per heavy atom. The fourth-order valence-electron chi connectivity index (χ4n) is 1.85. The van der Waals surface area contributed by atoms with Gasteiger partial charge >= 0.3 is 6.01 Å². The van der Waals surface area contributed by atoms with Crippen LogP contribution in [-0.4, -0.2) is 33.5 Å². The molecular weight excluding hydrogens is 240 g/mol. The Morgan fingerprint density at radius 2 is 2.16 bits per heavy atom. The maximum absolute atomic E-state index is 5.69. The van der Waals surface area contributed by atoms with Gasteiger partial charge in [0.15, 0.2) is 0 Å². The third-order valence-corrected chi connectivity index (χ3v) is 3.07. The average Bonchev–Trinajstić information content (AvgIpc) is 3.16. The van der Waals surface area contributed by atoms with Crippen molar-refractivity contribution in [2.45, 2.75) is 31.9 Å². The molecule has 5 heteroatoms. The lowest BCUT2D eigenvalue weighted by atomic mass is 10.3. The lowest BCUT2D eigenvalue weighted by Crippen LogP contribution is -2.30. The number of nitrogens with zero attached hydrogens (tertiary/aromatic N) is 3. The maximum atomic E-state index is 5.69. The fraction of sp³-hybridized carbons (Fsp3) is 0.429. The first-order chi connectivity index (χ1) is 9.31. The quantitative estimate of drug-likeness (QED) is 0.858. The van der Waals surface area contributed by atoms with Gasteiger partial charge in [0.1, 0.15) is 12.4 Å². The van der Waals surface area contributed by atoms with Crippen LogP contribution < -0.4 is 10.1 Å². The van der Waals surface area contributed by atoms with Crippen LogP contribution in [0.2, 0.25) is 0 Å². The number of nitrogens with one attached hydrogen (secondary N) is 1. The van der Waals surface area contributed by atoms with E-state index in [-0.39, 0.29) is 6.10 Å². The van der Waals surface area contributed by atoms with Gasteiger partial charge in [-0.15, -0.1) is 5.10 Å². The first kappa shape index (κ1) is 12.2. The van der Waals surface area contributed by atoms with E-state index in [0.717, 1.165) is 12.2 Å². The molecule has 0 amide bonds. The largest absolute Gasteiger partial charge is 0.458 e. The monoisotopic (exact) mass is 258 g/mol. The first-order valence-electron chi connectivity index (χ1n) is 6.68. The van der Waals surface area contributed by atoms with Crippen LogP contribution in [0.4, 0.5) is 0 Å². The second-order valence-corrected chi connectivity index (χ2v) is 4.92. The molecule has 3 rings (SSSR count). The predicted octanol–water partition coefficient (Wildman–Crippen LogP) is 1.79. The molecule has 1 atom stereocenters. The number of para-hydroxylation sites is 1. The first-order valence-corrected chi connectivity index (χ1v) is 6.68. The van der Waals surface area contributed by atoms with Gasteiger partial charge in [0.2, 0.25) is 0 Å². The van der Waals surface area contributed by atoms with Crippen molar-refractivity contribution < 1.29 is 4.74 Å². The zero-order valence-electron chi connectivity index (χ0n) is 11.0. The van der Waals surface area contributed by atoms with Crippen molar-refractivity contribution in [3.05, 3.63) is 36.7 Å². The minimum atomic E-state index is 0.0761. The maximum Gasteiger partial charge on any atom is 0.336 e. The van der Waals surface area contributed by atoms with Gasteiger partial charge in [-0.25, -0.2) is 4.68 Å². The van der Waals surface area contributed by atoms with Crippen LogP contribution >= 0.6 is 0 Å². The predicted molar refractivity (Wildman–Crippen MR) is 72.5 cm³/mol. The molecule has 1 unspecified atom stereocenters. The molecule has 0 saturated heterocycles. The summed E-state index contributed by atoms with van der Waals surface area (Å²) in [7, 11) is 0. The van der Waals surface area contributed by atoms with Crippen LogP contribution in [0.3, 0.4) is 0 Å². The van der Waals surface area contributed by atoms with E-state index < -0.39 is 0 Å². The number of hydrogen-bond acceptors (Lipinski definition) is 4. The van der Waals surface area contributed by atoms with Crippen molar-refractivity contribution in [3.63, 3.8) is 0 Å². The highest BCUT2D eigenvalue weighted by Crippen LogP contribution is 2.18. The fourth-order valence-corrected chi connectivity index (χ4v) is 1.85. The molecule has 1 fully saturated rings. The molecule has 1 N–H and O–H groups in total. The summed E-state index contributed by atoms with van der Waals surface area (Å²) in [4.78, 5) is 4.18. The highest BCUT2D eigenvalue weighted by molar-refractivity contribution is 5.29. The SMILES string of the molecule is CC(CNC1CC1)Oc1ncn(-c2ccccc2)n1. The molecule has 1 heterocycles. The summed E-state index contributed by atoms with van der Waals surface area (Å²) in [6, 6.07) is 11.0. The zero-order valence-corrected chi connectivity index (χ0v) is 11.0. The normalized spacial score (nSPS) is 16.3. The van der Waals surface area contributed by atoms with E-state index in [1.807, 2.05) is 37.3 Å². The van der Waals surface area contributed by atoms with Crippen molar-refractivity contribution >= 4 is 0 Å². The molecule has 1 aliphatic carbocycles. The average molecular weight is 258 g/mol. The summed E-state index contributed by atoms with van der Waals surface area (Å²) in [5, 5.41) is 7.75. The lowest BCUT2D eigenvalue weighted by Gasteiger charge is -2.11. The van der Waals surface area contributed by atoms with Crippen molar-refractivity contribution in [1.29, 1.82) is 0 Å². The van der Waals surface area contributed by atoms with E-state index in [1.165, 1.54) is 12.8 Å². The Hall–Kier alpha value is -1.88. The van der Waals surface area contributed by atoms with Crippen molar-refractivity contribution in [1.82, 2.24) is 20.1 Å². The van der Waals surface area contributed by atoms with Crippen LogP contribution in [0, 0.1) is 0 Å². The molecule has 0 spiro atoms. The van der Waals surface area contributed by atoms with E-state index >= 15 is 0 Å². The van der Waals surface area contributed by atoms with Crippen LogP contribution in [0.5, 0.6) is 6.01 Å². The summed E-state index contributed by atoms with van der Waals surface area (Å²) in [6.45, 7) is 2.86. The van der Waals surface area contributed by atoms with Crippen LogP contribution in [0.25, 0.3) is 5.69 Å². The molecule has 0 aliphatic heterocycles. The lowest BCUT2D eigenvalue weighted by molar-refractivity contribution is 0.199. The molecule has 1 aromatic carbocycles. The van der Waals surface area contributed by atoms with Crippen molar-refractivity contribution in [3.8, 4) is 11.7 Å². The van der Waals surface area contributed by atoms with Gasteiger partial charge in [-0.2, -0.15) is 4.98 Å². The summed E-state index contributed by atoms with van der Waals surface area (Å²) < 4.78 is 7.41. The van der Waals surface area contributed by atoms with Gasteiger partial charge in [0, 0.05) is 12.6 Å². The third kappa shape index (κ3) is 3.32. The molecule has 100 valence electrons. The Balaban J connectivity index is 1.58. The third-order valence-electron chi connectivity index (χ3n) is 3.07. The summed E-state index contributed by atoms with van der Waals surface area (Å²) in [5.41, 5.74) is 0.980. The Kier molecular flexibility index (Phi) is 3.46.